The van der Waals surface area contributed by atoms with Crippen molar-refractivity contribution in [1.29, 1.82) is 0 Å². The van der Waals surface area contributed by atoms with Gasteiger partial charge in [0.2, 0.25) is 0 Å². The Labute approximate surface area is 120 Å². The molecule has 0 aliphatic heterocycles. The Morgan fingerprint density at radius 2 is 2.28 bits per heavy atom. The number of benzene rings is 1. The van der Waals surface area contributed by atoms with E-state index < -0.39 is 0 Å². The number of halogens is 1. The topological polar surface area (TPSA) is 50.9 Å². The Kier molecular flexibility index (Phi) is 4.88. The van der Waals surface area contributed by atoms with Crippen LogP contribution in [-0.4, -0.2) is 11.0 Å². The minimum atomic E-state index is 0.213. The maximum absolute atomic E-state index is 5.63. The van der Waals surface area contributed by atoms with Crippen LogP contribution >= 0.6 is 27.3 Å². The first-order chi connectivity index (χ1) is 8.67. The van der Waals surface area contributed by atoms with E-state index in [0.29, 0.717) is 0 Å². The summed E-state index contributed by atoms with van der Waals surface area (Å²) in [6, 6.07) is 8.52. The summed E-state index contributed by atoms with van der Waals surface area (Å²) in [5.41, 5.74) is 5.22. The van der Waals surface area contributed by atoms with Crippen molar-refractivity contribution in [2.45, 2.75) is 25.8 Å². The van der Waals surface area contributed by atoms with Crippen LogP contribution in [0.1, 0.15) is 16.3 Å². The monoisotopic (exact) mass is 325 g/mol. The minimum absolute atomic E-state index is 0.213. The highest BCUT2D eigenvalue weighted by Crippen LogP contribution is 2.16. The van der Waals surface area contributed by atoms with Crippen molar-refractivity contribution in [1.82, 2.24) is 10.4 Å². The van der Waals surface area contributed by atoms with E-state index in [1.165, 1.54) is 5.56 Å². The van der Waals surface area contributed by atoms with E-state index in [0.717, 1.165) is 28.0 Å². The highest BCUT2D eigenvalue weighted by Gasteiger charge is 2.11. The summed E-state index contributed by atoms with van der Waals surface area (Å²) in [6.45, 7) is 2.01. The van der Waals surface area contributed by atoms with Crippen molar-refractivity contribution < 1.29 is 0 Å². The molecule has 1 atom stereocenters. The third kappa shape index (κ3) is 3.88. The third-order valence-electron chi connectivity index (χ3n) is 2.69. The van der Waals surface area contributed by atoms with Crippen molar-refractivity contribution >= 4 is 27.3 Å². The lowest BCUT2D eigenvalue weighted by Gasteiger charge is -2.14. The second kappa shape index (κ2) is 6.43. The van der Waals surface area contributed by atoms with Gasteiger partial charge >= 0.3 is 0 Å². The average Bonchev–Trinajstić information content (AvgIpc) is 2.74. The molecular weight excluding hydrogens is 310 g/mol. The van der Waals surface area contributed by atoms with Gasteiger partial charge in [-0.1, -0.05) is 28.1 Å². The van der Waals surface area contributed by atoms with Crippen LogP contribution in [0.3, 0.4) is 0 Å². The highest BCUT2D eigenvalue weighted by molar-refractivity contribution is 9.10. The standard InChI is InChI=1S/C13H16BrN3S/c1-9-8-18-13(16-9)7-12(17-15)6-10-3-2-4-11(14)5-10/h2-5,8,12,17H,6-7,15H2,1H3. The van der Waals surface area contributed by atoms with Crippen molar-refractivity contribution in [3.8, 4) is 0 Å². The van der Waals surface area contributed by atoms with E-state index in [4.69, 9.17) is 5.84 Å². The minimum Gasteiger partial charge on any atom is -0.271 e. The second-order valence-corrected chi connectivity index (χ2v) is 6.14. The molecule has 2 aromatic rings. The summed E-state index contributed by atoms with van der Waals surface area (Å²) in [4.78, 5) is 4.47. The number of nitrogens with one attached hydrogen (secondary N) is 1. The molecule has 2 rings (SSSR count). The van der Waals surface area contributed by atoms with Crippen LogP contribution in [-0.2, 0) is 12.8 Å². The summed E-state index contributed by atoms with van der Waals surface area (Å²) in [5.74, 6) is 5.63. The Bertz CT molecular complexity index is 512. The van der Waals surface area contributed by atoms with Gasteiger partial charge in [0.1, 0.15) is 0 Å². The van der Waals surface area contributed by atoms with Gasteiger partial charge in [-0.3, -0.25) is 11.3 Å². The molecule has 18 heavy (non-hydrogen) atoms. The first-order valence-corrected chi connectivity index (χ1v) is 7.46. The molecule has 1 aromatic carbocycles. The zero-order chi connectivity index (χ0) is 13.0. The van der Waals surface area contributed by atoms with Crippen LogP contribution in [0.15, 0.2) is 34.1 Å². The predicted octanol–water partition coefficient (Wildman–Crippen LogP) is 2.83. The molecule has 5 heteroatoms. The Morgan fingerprint density at radius 3 is 2.89 bits per heavy atom. The van der Waals surface area contributed by atoms with Gasteiger partial charge < -0.3 is 0 Å². The van der Waals surface area contributed by atoms with Gasteiger partial charge in [0.05, 0.1) is 5.01 Å². The average molecular weight is 326 g/mol. The van der Waals surface area contributed by atoms with Crippen LogP contribution < -0.4 is 11.3 Å². The summed E-state index contributed by atoms with van der Waals surface area (Å²) in [6.07, 6.45) is 1.76. The van der Waals surface area contributed by atoms with Gasteiger partial charge in [0.15, 0.2) is 0 Å². The van der Waals surface area contributed by atoms with Gasteiger partial charge in [-0.25, -0.2) is 4.98 Å². The Morgan fingerprint density at radius 1 is 1.44 bits per heavy atom. The summed E-state index contributed by atoms with van der Waals surface area (Å²) in [7, 11) is 0. The number of nitrogens with zero attached hydrogens (tertiary/aromatic N) is 1. The van der Waals surface area contributed by atoms with Gasteiger partial charge in [-0.05, 0) is 31.0 Å². The third-order valence-corrected chi connectivity index (χ3v) is 4.18. The molecule has 3 N–H and O–H groups in total. The second-order valence-electron chi connectivity index (χ2n) is 4.28. The van der Waals surface area contributed by atoms with Gasteiger partial charge in [-0.2, -0.15) is 0 Å². The summed E-state index contributed by atoms with van der Waals surface area (Å²) in [5, 5.41) is 3.20. The van der Waals surface area contributed by atoms with Crippen LogP contribution in [0.25, 0.3) is 0 Å². The zero-order valence-corrected chi connectivity index (χ0v) is 12.6. The molecule has 0 amide bonds. The molecule has 0 bridgehead atoms. The van der Waals surface area contributed by atoms with E-state index >= 15 is 0 Å². The first kappa shape index (κ1) is 13.7. The number of hydrazine groups is 1. The Hall–Kier alpha value is -0.750. The fourth-order valence-corrected chi connectivity index (χ4v) is 3.15. The largest absolute Gasteiger partial charge is 0.271 e. The molecule has 1 aromatic heterocycles. The smallest absolute Gasteiger partial charge is 0.0944 e. The molecule has 1 unspecified atom stereocenters. The van der Waals surface area contributed by atoms with Crippen LogP contribution in [0, 0.1) is 6.92 Å². The Balaban J connectivity index is 2.01. The molecule has 0 radical (unpaired) electrons. The molecule has 0 fully saturated rings. The molecule has 0 spiro atoms. The van der Waals surface area contributed by atoms with E-state index in [-0.39, 0.29) is 6.04 Å². The first-order valence-electron chi connectivity index (χ1n) is 5.79. The normalized spacial score (nSPS) is 12.6. The van der Waals surface area contributed by atoms with Crippen molar-refractivity contribution in [2.75, 3.05) is 0 Å². The van der Waals surface area contributed by atoms with E-state index in [1.54, 1.807) is 11.3 Å². The van der Waals surface area contributed by atoms with Crippen LogP contribution in [0.2, 0.25) is 0 Å². The van der Waals surface area contributed by atoms with Crippen molar-refractivity contribution in [2.24, 2.45) is 5.84 Å². The van der Waals surface area contributed by atoms with Gasteiger partial charge in [0.25, 0.3) is 0 Å². The molecule has 0 saturated carbocycles. The van der Waals surface area contributed by atoms with Crippen molar-refractivity contribution in [3.05, 3.63) is 50.4 Å². The molecule has 96 valence electrons. The van der Waals surface area contributed by atoms with Crippen LogP contribution in [0.4, 0.5) is 0 Å². The molecule has 0 aliphatic carbocycles. The highest BCUT2D eigenvalue weighted by atomic mass is 79.9. The summed E-state index contributed by atoms with van der Waals surface area (Å²) >= 11 is 5.17. The van der Waals surface area contributed by atoms with E-state index in [2.05, 4.69) is 43.9 Å². The lowest BCUT2D eigenvalue weighted by molar-refractivity contribution is 0.521. The molecule has 3 nitrogen and oxygen atoms in total. The fraction of sp³-hybridized carbons (Fsp3) is 0.308. The number of aryl methyl sites for hydroxylation is 1. The molecular formula is C13H16BrN3S. The van der Waals surface area contributed by atoms with E-state index in [9.17, 15) is 0 Å². The summed E-state index contributed by atoms with van der Waals surface area (Å²) < 4.78 is 1.10. The SMILES string of the molecule is Cc1csc(CC(Cc2cccc(Br)c2)NN)n1. The van der Waals surface area contributed by atoms with E-state index in [1.807, 2.05) is 19.1 Å². The quantitative estimate of drug-likeness (QED) is 0.656. The lowest BCUT2D eigenvalue weighted by Crippen LogP contribution is -2.38. The molecule has 0 saturated heterocycles. The number of rotatable bonds is 5. The maximum atomic E-state index is 5.63. The van der Waals surface area contributed by atoms with Gasteiger partial charge in [0, 0.05) is 28.0 Å². The van der Waals surface area contributed by atoms with Gasteiger partial charge in [-0.15, -0.1) is 11.3 Å². The molecule has 0 aliphatic rings. The van der Waals surface area contributed by atoms with Crippen molar-refractivity contribution in [3.63, 3.8) is 0 Å². The molecule has 1 heterocycles. The number of thiazole rings is 1. The van der Waals surface area contributed by atoms with Crippen LogP contribution in [0.5, 0.6) is 0 Å². The fourth-order valence-electron chi connectivity index (χ4n) is 1.85. The number of hydrogen-bond acceptors (Lipinski definition) is 4. The lowest BCUT2D eigenvalue weighted by atomic mass is 10.0. The number of aromatic nitrogens is 1. The zero-order valence-electron chi connectivity index (χ0n) is 10.2. The number of nitrogens with two attached hydrogens (primary N) is 1. The maximum Gasteiger partial charge on any atom is 0.0944 e. The predicted molar refractivity (Wildman–Crippen MR) is 79.5 cm³/mol. The number of hydrogen-bond donors (Lipinski definition) is 2.